The number of methoxy groups -OCH3 is 1. The number of sulfonamides is 1. The maximum absolute atomic E-state index is 12.2. The van der Waals surface area contributed by atoms with Crippen LogP contribution in [0.25, 0.3) is 0 Å². The molecule has 8 heteroatoms. The molecule has 7 nitrogen and oxygen atoms in total. The van der Waals surface area contributed by atoms with Gasteiger partial charge in [-0.15, -0.1) is 0 Å². The molecule has 0 radical (unpaired) electrons. The maximum Gasteiger partial charge on any atom is 0.281 e. The van der Waals surface area contributed by atoms with Crippen LogP contribution in [0.15, 0.2) is 35.7 Å². The van der Waals surface area contributed by atoms with Gasteiger partial charge in [0.05, 0.1) is 24.8 Å². The molecular weight excluding hydrogens is 280 g/mol. The highest BCUT2D eigenvalue weighted by molar-refractivity contribution is 7.92. The molecule has 3 N–H and O–H groups in total. The van der Waals surface area contributed by atoms with Gasteiger partial charge < -0.3 is 15.0 Å². The van der Waals surface area contributed by atoms with Crippen LogP contribution in [0.4, 0.5) is 11.4 Å². The van der Waals surface area contributed by atoms with Crippen molar-refractivity contribution in [2.45, 2.75) is 18.5 Å². The number of benzene rings is 1. The average molecular weight is 296 g/mol. The Balaban J connectivity index is 2.28. The highest BCUT2D eigenvalue weighted by atomic mass is 32.2. The summed E-state index contributed by atoms with van der Waals surface area (Å²) in [6, 6.07) is 4.71. The molecule has 0 bridgehead atoms. The van der Waals surface area contributed by atoms with Crippen molar-refractivity contribution in [2.75, 3.05) is 17.6 Å². The molecule has 0 aliphatic heterocycles. The molecule has 20 heavy (non-hydrogen) atoms. The van der Waals surface area contributed by atoms with Gasteiger partial charge in [0.2, 0.25) is 0 Å². The summed E-state index contributed by atoms with van der Waals surface area (Å²) in [6.07, 6.45) is 2.92. The van der Waals surface area contributed by atoms with Gasteiger partial charge in [0.15, 0.2) is 5.03 Å². The lowest BCUT2D eigenvalue weighted by atomic mass is 10.2. The van der Waals surface area contributed by atoms with Gasteiger partial charge in [0.25, 0.3) is 10.0 Å². The minimum Gasteiger partial charge on any atom is -0.497 e. The summed E-state index contributed by atoms with van der Waals surface area (Å²) in [7, 11) is -2.24. The van der Waals surface area contributed by atoms with E-state index < -0.39 is 10.0 Å². The molecule has 0 atom stereocenters. The molecule has 0 aliphatic carbocycles. The van der Waals surface area contributed by atoms with Crippen LogP contribution in [0.2, 0.25) is 0 Å². The lowest BCUT2D eigenvalue weighted by molar-refractivity contribution is 0.415. The zero-order valence-corrected chi connectivity index (χ0v) is 12.0. The van der Waals surface area contributed by atoms with E-state index in [1.54, 1.807) is 22.8 Å². The van der Waals surface area contributed by atoms with Gasteiger partial charge in [-0.2, -0.15) is 8.42 Å². The minimum absolute atomic E-state index is 0.0467. The van der Waals surface area contributed by atoms with E-state index in [9.17, 15) is 8.42 Å². The summed E-state index contributed by atoms with van der Waals surface area (Å²) in [5.41, 5.74) is 6.35. The van der Waals surface area contributed by atoms with Crippen LogP contribution in [-0.4, -0.2) is 25.1 Å². The summed E-state index contributed by atoms with van der Waals surface area (Å²) in [5, 5.41) is -0.0467. The Bertz CT molecular complexity index is 709. The first kappa shape index (κ1) is 14.2. The molecule has 0 saturated heterocycles. The lowest BCUT2D eigenvalue weighted by Gasteiger charge is -2.09. The Kier molecular flexibility index (Phi) is 3.84. The van der Waals surface area contributed by atoms with Crippen molar-refractivity contribution in [3.63, 3.8) is 0 Å². The second-order valence-electron chi connectivity index (χ2n) is 4.10. The molecule has 2 rings (SSSR count). The van der Waals surface area contributed by atoms with Crippen molar-refractivity contribution in [3.05, 3.63) is 30.7 Å². The third kappa shape index (κ3) is 2.85. The number of imidazole rings is 1. The van der Waals surface area contributed by atoms with Crippen LogP contribution in [0, 0.1) is 0 Å². The monoisotopic (exact) mass is 296 g/mol. The Morgan fingerprint density at radius 1 is 1.45 bits per heavy atom. The van der Waals surface area contributed by atoms with E-state index >= 15 is 0 Å². The summed E-state index contributed by atoms with van der Waals surface area (Å²) in [4.78, 5) is 3.87. The summed E-state index contributed by atoms with van der Waals surface area (Å²) in [6.45, 7) is 2.54. The molecule has 1 aromatic carbocycles. The molecule has 1 aromatic heterocycles. The zero-order valence-electron chi connectivity index (χ0n) is 11.2. The summed E-state index contributed by atoms with van der Waals surface area (Å²) in [5.74, 6) is 0.556. The number of hydrogen-bond donors (Lipinski definition) is 2. The van der Waals surface area contributed by atoms with E-state index in [1.807, 2.05) is 6.92 Å². The summed E-state index contributed by atoms with van der Waals surface area (Å²) < 4.78 is 33.4. The standard InChI is InChI=1S/C12H16N4O3S/c1-3-16-7-12(14-8-16)20(17,18)15-11-5-4-9(19-2)6-10(11)13/h4-8,15H,3,13H2,1-2H3. The number of nitrogen functional groups attached to an aromatic ring is 1. The molecule has 1 heterocycles. The smallest absolute Gasteiger partial charge is 0.281 e. The van der Waals surface area contributed by atoms with Crippen LogP contribution in [0.1, 0.15) is 6.92 Å². The van der Waals surface area contributed by atoms with Gasteiger partial charge in [-0.1, -0.05) is 0 Å². The number of nitrogens with two attached hydrogens (primary N) is 1. The molecule has 0 spiro atoms. The fourth-order valence-electron chi connectivity index (χ4n) is 1.61. The van der Waals surface area contributed by atoms with Crippen molar-refractivity contribution in [1.29, 1.82) is 0 Å². The van der Waals surface area contributed by atoms with Gasteiger partial charge in [-0.05, 0) is 19.1 Å². The number of hydrogen-bond acceptors (Lipinski definition) is 5. The topological polar surface area (TPSA) is 99.2 Å². The van der Waals surface area contributed by atoms with Crippen LogP contribution in [-0.2, 0) is 16.6 Å². The fourth-order valence-corrected chi connectivity index (χ4v) is 2.65. The molecule has 108 valence electrons. The van der Waals surface area contributed by atoms with E-state index in [0.717, 1.165) is 0 Å². The first-order valence-electron chi connectivity index (χ1n) is 5.94. The molecule has 2 aromatic rings. The van der Waals surface area contributed by atoms with Gasteiger partial charge >= 0.3 is 0 Å². The highest BCUT2D eigenvalue weighted by Crippen LogP contribution is 2.26. The molecular formula is C12H16N4O3S. The van der Waals surface area contributed by atoms with Gasteiger partial charge in [-0.25, -0.2) is 4.98 Å². The largest absolute Gasteiger partial charge is 0.497 e. The third-order valence-corrected chi connectivity index (χ3v) is 4.00. The van der Waals surface area contributed by atoms with E-state index in [0.29, 0.717) is 12.3 Å². The average Bonchev–Trinajstić information content (AvgIpc) is 2.90. The number of rotatable bonds is 5. The van der Waals surface area contributed by atoms with Gasteiger partial charge in [-0.3, -0.25) is 4.72 Å². The van der Waals surface area contributed by atoms with Crippen LogP contribution < -0.4 is 15.2 Å². The molecule has 0 saturated carbocycles. The van der Waals surface area contributed by atoms with Crippen molar-refractivity contribution in [2.24, 2.45) is 0 Å². The Morgan fingerprint density at radius 3 is 2.75 bits per heavy atom. The fraction of sp³-hybridized carbons (Fsp3) is 0.250. The van der Waals surface area contributed by atoms with Crippen molar-refractivity contribution < 1.29 is 13.2 Å². The van der Waals surface area contributed by atoms with E-state index in [1.165, 1.54) is 19.6 Å². The van der Waals surface area contributed by atoms with Crippen LogP contribution >= 0.6 is 0 Å². The molecule has 0 unspecified atom stereocenters. The molecule has 0 aliphatic rings. The van der Waals surface area contributed by atoms with E-state index in [-0.39, 0.29) is 16.4 Å². The number of nitrogens with zero attached hydrogens (tertiary/aromatic N) is 2. The summed E-state index contributed by atoms with van der Waals surface area (Å²) >= 11 is 0. The number of ether oxygens (including phenoxy) is 1. The lowest BCUT2D eigenvalue weighted by Crippen LogP contribution is -2.14. The quantitative estimate of drug-likeness (QED) is 0.810. The Morgan fingerprint density at radius 2 is 2.20 bits per heavy atom. The highest BCUT2D eigenvalue weighted by Gasteiger charge is 2.18. The van der Waals surface area contributed by atoms with E-state index in [4.69, 9.17) is 10.5 Å². The second kappa shape index (κ2) is 5.41. The SMILES string of the molecule is CCn1cnc(S(=O)(=O)Nc2ccc(OC)cc2N)c1. The predicted molar refractivity (Wildman–Crippen MR) is 76.1 cm³/mol. The predicted octanol–water partition coefficient (Wildman–Crippen LogP) is 1.29. The van der Waals surface area contributed by atoms with Crippen LogP contribution in [0.5, 0.6) is 5.75 Å². The van der Waals surface area contributed by atoms with Crippen LogP contribution in [0.3, 0.4) is 0 Å². The Hall–Kier alpha value is -2.22. The van der Waals surface area contributed by atoms with E-state index in [2.05, 4.69) is 9.71 Å². The van der Waals surface area contributed by atoms with Gasteiger partial charge in [0.1, 0.15) is 5.75 Å². The first-order valence-corrected chi connectivity index (χ1v) is 7.42. The number of aromatic nitrogens is 2. The molecule has 0 amide bonds. The first-order chi connectivity index (χ1) is 9.46. The zero-order chi connectivity index (χ0) is 14.8. The van der Waals surface area contributed by atoms with Crippen molar-refractivity contribution >= 4 is 21.4 Å². The van der Waals surface area contributed by atoms with Crippen molar-refractivity contribution in [3.8, 4) is 5.75 Å². The normalized spacial score (nSPS) is 11.3. The second-order valence-corrected chi connectivity index (χ2v) is 5.73. The number of nitrogens with one attached hydrogen (secondary N) is 1. The number of anilines is 2. The molecule has 0 fully saturated rings. The third-order valence-electron chi connectivity index (χ3n) is 2.75. The number of aryl methyl sites for hydroxylation is 1. The minimum atomic E-state index is -3.75. The van der Waals surface area contributed by atoms with Gasteiger partial charge in [0, 0.05) is 18.8 Å². The van der Waals surface area contributed by atoms with Crippen molar-refractivity contribution in [1.82, 2.24) is 9.55 Å². The maximum atomic E-state index is 12.2. The Labute approximate surface area is 117 Å².